The molecular weight excluding hydrogens is 839 g/mol. The molecule has 0 bridgehead atoms. The zero-order valence-corrected chi connectivity index (χ0v) is 32.2. The molecule has 3 aromatic heterocycles. The summed E-state index contributed by atoms with van der Waals surface area (Å²) in [6.07, 6.45) is 3.16. The Morgan fingerprint density at radius 2 is 1.56 bits per heavy atom. The summed E-state index contributed by atoms with van der Waals surface area (Å²) in [6.45, 7) is -1.27. The normalized spacial score (nSPS) is 14.5. The third-order valence-electron chi connectivity index (χ3n) is 8.70. The van der Waals surface area contributed by atoms with E-state index in [4.69, 9.17) is 18.1 Å². The molecule has 0 N–H and O–H groups in total. The largest absolute Gasteiger partial charge is 0.500 e. The van der Waals surface area contributed by atoms with Gasteiger partial charge in [-0.05, 0) is 88.8 Å². The molecule has 0 fully saturated rings. The van der Waals surface area contributed by atoms with E-state index in [2.05, 4.69) is 28.2 Å². The summed E-state index contributed by atoms with van der Waals surface area (Å²) in [5.74, 6) is 0. The van der Waals surface area contributed by atoms with E-state index in [1.165, 1.54) is 18.5 Å². The molecule has 8 rings (SSSR count). The fraction of sp³-hybridized carbons (Fsp3) is 0.163. The fourth-order valence-corrected chi connectivity index (χ4v) is 6.36. The molecule has 0 aliphatic carbocycles. The minimum Gasteiger partial charge on any atom is -0.500 e. The van der Waals surface area contributed by atoms with Crippen molar-refractivity contribution in [1.29, 1.82) is 5.26 Å². The summed E-state index contributed by atoms with van der Waals surface area (Å²) >= 11 is 0. The first-order chi connectivity index (χ1) is 29.6. The van der Waals surface area contributed by atoms with Gasteiger partial charge >= 0.3 is 0 Å². The first-order valence-electron chi connectivity index (χ1n) is 22.1. The minimum absolute atomic E-state index is 0. The molecule has 3 heterocycles. The van der Waals surface area contributed by atoms with Gasteiger partial charge in [0.05, 0.1) is 18.6 Å². The van der Waals surface area contributed by atoms with Crippen LogP contribution in [0.3, 0.4) is 0 Å². The van der Waals surface area contributed by atoms with Crippen LogP contribution in [0.15, 0.2) is 132 Å². The molecule has 0 saturated carbocycles. The molecule has 0 aliphatic heterocycles. The molecule has 0 atom stereocenters. The number of benzene rings is 5. The zero-order valence-electron chi connectivity index (χ0n) is 39.8. The minimum atomic E-state index is -2.64. The second kappa shape index (κ2) is 16.1. The van der Waals surface area contributed by atoms with Crippen molar-refractivity contribution in [3.8, 4) is 50.8 Å². The second-order valence-corrected chi connectivity index (χ2v) is 13.9. The van der Waals surface area contributed by atoms with Crippen LogP contribution in [-0.4, -0.2) is 9.97 Å². The molecule has 1 radical (unpaired) electrons. The zero-order chi connectivity index (χ0) is 45.5. The molecule has 0 saturated heterocycles. The number of aromatic nitrogens is 2. The third-order valence-corrected chi connectivity index (χ3v) is 8.70. The van der Waals surface area contributed by atoms with Crippen LogP contribution in [0.1, 0.15) is 62.3 Å². The average molecular weight is 890 g/mol. The van der Waals surface area contributed by atoms with Gasteiger partial charge in [0.1, 0.15) is 5.58 Å². The fourth-order valence-electron chi connectivity index (χ4n) is 6.36. The van der Waals surface area contributed by atoms with Crippen LogP contribution in [0.5, 0.6) is 0 Å². The Hall–Kier alpha value is -5.66. The number of aryl methyl sites for hydroxylation is 3. The van der Waals surface area contributed by atoms with Gasteiger partial charge in [0.25, 0.3) is 0 Å². The van der Waals surface area contributed by atoms with Crippen LogP contribution in [0.2, 0.25) is 0 Å². The van der Waals surface area contributed by atoms with Gasteiger partial charge in [0, 0.05) is 55.8 Å². The van der Waals surface area contributed by atoms with Gasteiger partial charge in [-0.1, -0.05) is 104 Å². The van der Waals surface area contributed by atoms with Crippen LogP contribution in [0.4, 0.5) is 0 Å². The van der Waals surface area contributed by atoms with Crippen molar-refractivity contribution in [1.82, 2.24) is 9.97 Å². The van der Waals surface area contributed by atoms with E-state index >= 15 is 0 Å². The number of pyridine rings is 2. The molecule has 8 aromatic rings. The summed E-state index contributed by atoms with van der Waals surface area (Å²) in [5.41, 5.74) is 5.83. The molecular formula is C49H41IrN3O-2. The number of rotatable bonds is 5. The van der Waals surface area contributed by atoms with Crippen molar-refractivity contribution < 1.29 is 38.2 Å². The van der Waals surface area contributed by atoms with Crippen molar-refractivity contribution in [3.05, 3.63) is 168 Å². The summed E-state index contributed by atoms with van der Waals surface area (Å²) in [6, 6.07) is 40.5. The predicted molar refractivity (Wildman–Crippen MR) is 217 cm³/mol. The number of hydrogen-bond donors (Lipinski definition) is 0. The molecule has 54 heavy (non-hydrogen) atoms. The van der Waals surface area contributed by atoms with E-state index in [1.54, 1.807) is 42.5 Å². The van der Waals surface area contributed by atoms with Gasteiger partial charge in [-0.25, -0.2) is 0 Å². The maximum absolute atomic E-state index is 9.94. The summed E-state index contributed by atoms with van der Waals surface area (Å²) in [5, 5.41) is 11.5. The Morgan fingerprint density at radius 3 is 2.26 bits per heavy atom. The SMILES string of the molecule is [2H]C([2H])([2H])c1ccc(-c2[c-]cccc2)nc1.[2H]c1cc(CC(C)(C)C)cc(C([2H])([2H])[2H])c1-c1cc(-c2[c-]ccc3c2oc2c(-c4ccccc4)c(C#N)ccc23)ncc1C([2H])([2H])[2H].[Ir]. The second-order valence-electron chi connectivity index (χ2n) is 13.9. The number of furan rings is 1. The Kier molecular flexibility index (Phi) is 8.08. The van der Waals surface area contributed by atoms with Crippen LogP contribution >= 0.6 is 0 Å². The van der Waals surface area contributed by atoms with Crippen molar-refractivity contribution >= 4 is 21.9 Å². The van der Waals surface area contributed by atoms with E-state index < -0.39 is 20.6 Å². The number of hydrogen-bond acceptors (Lipinski definition) is 4. The number of fused-ring (bicyclic) bond motifs is 3. The average Bonchev–Trinajstić information content (AvgIpc) is 3.61. The Morgan fingerprint density at radius 1 is 0.759 bits per heavy atom. The van der Waals surface area contributed by atoms with E-state index in [0.29, 0.717) is 45.5 Å². The quantitative estimate of drug-likeness (QED) is 0.162. The van der Waals surface area contributed by atoms with Crippen molar-refractivity contribution in [2.45, 2.75) is 47.7 Å². The van der Waals surface area contributed by atoms with Crippen molar-refractivity contribution in [3.63, 3.8) is 0 Å². The van der Waals surface area contributed by atoms with Gasteiger partial charge in [-0.2, -0.15) is 5.26 Å². The predicted octanol–water partition coefficient (Wildman–Crippen LogP) is 12.7. The molecule has 4 nitrogen and oxygen atoms in total. The van der Waals surface area contributed by atoms with Crippen LogP contribution in [0.25, 0.3) is 66.7 Å². The summed E-state index contributed by atoms with van der Waals surface area (Å²) in [7, 11) is 0. The number of nitrogens with zero attached hydrogens (tertiary/aromatic N) is 3. The van der Waals surface area contributed by atoms with Gasteiger partial charge in [0.2, 0.25) is 0 Å². The van der Waals surface area contributed by atoms with Crippen LogP contribution < -0.4 is 0 Å². The number of nitriles is 1. The molecule has 0 amide bonds. The van der Waals surface area contributed by atoms with E-state index in [9.17, 15) is 5.26 Å². The molecule has 0 aliphatic rings. The molecule has 5 aromatic carbocycles. The monoisotopic (exact) mass is 890 g/mol. The van der Waals surface area contributed by atoms with E-state index in [-0.39, 0.29) is 59.4 Å². The van der Waals surface area contributed by atoms with Crippen molar-refractivity contribution in [2.75, 3.05) is 0 Å². The van der Waals surface area contributed by atoms with E-state index in [0.717, 1.165) is 27.6 Å². The molecule has 269 valence electrons. The van der Waals surface area contributed by atoms with Gasteiger partial charge < -0.3 is 14.4 Å². The van der Waals surface area contributed by atoms with Crippen molar-refractivity contribution in [2.24, 2.45) is 5.41 Å². The first-order valence-corrected chi connectivity index (χ1v) is 17.1. The summed E-state index contributed by atoms with van der Waals surface area (Å²) < 4.78 is 87.2. The Bertz CT molecular complexity index is 2980. The Labute approximate surface area is 346 Å². The first kappa shape index (κ1) is 27.0. The van der Waals surface area contributed by atoms with Gasteiger partial charge in [0.15, 0.2) is 0 Å². The Balaban J connectivity index is 0.000000336. The maximum atomic E-state index is 9.94. The maximum Gasteiger partial charge on any atom is 0.130 e. The smallest absolute Gasteiger partial charge is 0.130 e. The van der Waals surface area contributed by atoms with Crippen LogP contribution in [0, 0.1) is 49.4 Å². The summed E-state index contributed by atoms with van der Waals surface area (Å²) in [4.78, 5) is 8.64. The standard InChI is InChI=1S/C37H31N2O.C12H10N.Ir/c1-23-18-25(20-37(3,4)5)14-16-28(23)32-19-33(39-22-24(32)2)31-13-9-12-29-30-17-15-27(21-38)34(36(30)40-35(29)31)26-10-7-6-8-11-26;1-10-7-8-12(13-9-10)11-5-3-2-4-6-11;/h6-12,14-19,22H,20H2,1-5H3;2-5,7-9H,1H3;/q2*-1;/i1D3,2D3,16D;1D3;. The molecule has 0 unspecified atom stereocenters. The van der Waals surface area contributed by atoms with Gasteiger partial charge in [-0.3, -0.25) is 0 Å². The van der Waals surface area contributed by atoms with Crippen LogP contribution in [-0.2, 0) is 26.5 Å². The van der Waals surface area contributed by atoms with Gasteiger partial charge in [-0.15, -0.1) is 54.1 Å². The topological polar surface area (TPSA) is 62.7 Å². The third kappa shape index (κ3) is 8.12. The molecule has 5 heteroatoms. The molecule has 0 spiro atoms. The van der Waals surface area contributed by atoms with E-state index in [1.807, 2.05) is 81.4 Å².